The third-order valence-corrected chi connectivity index (χ3v) is 0.142. The summed E-state index contributed by atoms with van der Waals surface area (Å²) < 4.78 is 0. The van der Waals surface area contributed by atoms with Gasteiger partial charge in [-0.1, -0.05) is 0 Å². The number of nitrogens with two attached hydrogens (primary N) is 2. The zero-order valence-corrected chi connectivity index (χ0v) is 8.77. The molecule has 0 aromatic carbocycles. The molecule has 0 unspecified atom stereocenters. The molecule has 2 radical (unpaired) electrons. The second kappa shape index (κ2) is 5.15. The Morgan fingerprint density at radius 2 is 1.83 bits per heavy atom. The topological polar surface area (TPSA) is 81.1 Å². The number of primary amides is 1. The number of rotatable bonds is 0. The molecule has 0 aliphatic carbocycles. The van der Waals surface area contributed by atoms with Gasteiger partial charge in [-0.15, -0.1) is 0 Å². The maximum absolute atomic E-state index is 9.35. The van der Waals surface area contributed by atoms with Crippen LogP contribution in [0.3, 0.4) is 0 Å². The standard InChI is InChI=1S/CH5N3O.Pb.2H/c2-1(5)4-3;;;/h3H2,(H3,2,4,5);;;. The molecule has 0 aliphatic heterocycles. The molecule has 0 heterocycles. The number of nitrogens with one attached hydrogen (secondary N) is 1. The first-order valence-corrected chi connectivity index (χ1v) is 1.03. The van der Waals surface area contributed by atoms with Crippen molar-refractivity contribution < 1.29 is 4.79 Å². The first-order chi connectivity index (χ1) is 2.27. The number of hydrogen-bond acceptors (Lipinski definition) is 2. The van der Waals surface area contributed by atoms with Crippen LogP contribution < -0.4 is 17.0 Å². The molecule has 0 spiro atoms. The van der Waals surface area contributed by atoms with Gasteiger partial charge in [0.1, 0.15) is 0 Å². The summed E-state index contributed by atoms with van der Waals surface area (Å²) in [4.78, 5) is 9.35. The van der Waals surface area contributed by atoms with Crippen LogP contribution in [-0.4, -0.2) is 33.3 Å². The molecular weight excluding hydrogens is 277 g/mol. The number of carbonyl (C=O) groups is 1. The van der Waals surface area contributed by atoms with Crippen molar-refractivity contribution in [2.45, 2.75) is 0 Å². The summed E-state index contributed by atoms with van der Waals surface area (Å²) in [6.45, 7) is 0. The van der Waals surface area contributed by atoms with Crippen LogP contribution in [0.2, 0.25) is 0 Å². The Hall–Kier alpha value is 0.152. The SMILES string of the molecule is NNC(N)=O.[PbH2]. The molecule has 0 atom stereocenters. The Morgan fingerprint density at radius 1 is 1.67 bits per heavy atom. The van der Waals surface area contributed by atoms with Crippen LogP contribution in [-0.2, 0) is 0 Å². The van der Waals surface area contributed by atoms with Crippen LogP contribution in [0.5, 0.6) is 0 Å². The Morgan fingerprint density at radius 3 is 1.83 bits per heavy atom. The molecule has 0 saturated carbocycles. The van der Waals surface area contributed by atoms with Gasteiger partial charge in [0.25, 0.3) is 0 Å². The summed E-state index contributed by atoms with van der Waals surface area (Å²) in [5, 5.41) is 0. The van der Waals surface area contributed by atoms with Crippen molar-refractivity contribution in [3.8, 4) is 0 Å². The van der Waals surface area contributed by atoms with E-state index in [9.17, 15) is 4.79 Å². The molecule has 6 heavy (non-hydrogen) atoms. The van der Waals surface area contributed by atoms with E-state index in [4.69, 9.17) is 0 Å². The second-order valence-electron chi connectivity index (χ2n) is 0.509. The molecular formula is CH7N3OPb. The van der Waals surface area contributed by atoms with Gasteiger partial charge >= 0.3 is 33.3 Å². The van der Waals surface area contributed by atoms with Crippen LogP contribution in [0.1, 0.15) is 0 Å². The number of hydrazine groups is 1. The summed E-state index contributed by atoms with van der Waals surface area (Å²) in [5.41, 5.74) is 6.08. The third-order valence-electron chi connectivity index (χ3n) is 0.142. The minimum atomic E-state index is -0.718. The summed E-state index contributed by atoms with van der Waals surface area (Å²) in [5.74, 6) is 4.45. The van der Waals surface area contributed by atoms with E-state index >= 15 is 0 Å². The van der Waals surface area contributed by atoms with E-state index in [1.54, 1.807) is 5.43 Å². The zero-order chi connectivity index (χ0) is 4.28. The van der Waals surface area contributed by atoms with E-state index in [0.717, 1.165) is 0 Å². The molecule has 0 aliphatic rings. The average molecular weight is 284 g/mol. The van der Waals surface area contributed by atoms with E-state index < -0.39 is 6.03 Å². The van der Waals surface area contributed by atoms with Crippen molar-refractivity contribution >= 4 is 33.3 Å². The predicted octanol–water partition coefficient (Wildman–Crippen LogP) is -2.39. The monoisotopic (exact) mass is 285 g/mol. The van der Waals surface area contributed by atoms with Gasteiger partial charge in [0.05, 0.1) is 0 Å². The molecule has 0 saturated heterocycles. The van der Waals surface area contributed by atoms with Crippen molar-refractivity contribution in [2.75, 3.05) is 0 Å². The molecule has 5 heteroatoms. The number of urea groups is 1. The fraction of sp³-hybridized carbons (Fsp3) is 0. The van der Waals surface area contributed by atoms with Crippen molar-refractivity contribution in [1.29, 1.82) is 0 Å². The second-order valence-corrected chi connectivity index (χ2v) is 0.509. The molecule has 36 valence electrons. The van der Waals surface area contributed by atoms with E-state index in [0.29, 0.717) is 0 Å². The third kappa shape index (κ3) is 8.91. The van der Waals surface area contributed by atoms with Gasteiger partial charge in [-0.05, 0) is 0 Å². The van der Waals surface area contributed by atoms with Crippen molar-refractivity contribution in [3.05, 3.63) is 0 Å². The van der Waals surface area contributed by atoms with Crippen molar-refractivity contribution in [2.24, 2.45) is 11.6 Å². The van der Waals surface area contributed by atoms with E-state index in [-0.39, 0.29) is 27.3 Å². The summed E-state index contributed by atoms with van der Waals surface area (Å²) >= 11 is 0. The van der Waals surface area contributed by atoms with Crippen LogP contribution in [0.25, 0.3) is 0 Å². The van der Waals surface area contributed by atoms with Gasteiger partial charge in [-0.25, -0.2) is 10.6 Å². The van der Waals surface area contributed by atoms with E-state index in [2.05, 4.69) is 11.6 Å². The van der Waals surface area contributed by atoms with Crippen LogP contribution in [0, 0.1) is 0 Å². The van der Waals surface area contributed by atoms with Gasteiger partial charge in [-0.3, -0.25) is 5.43 Å². The molecule has 0 bridgehead atoms. The fourth-order valence-corrected chi connectivity index (χ4v) is 0. The van der Waals surface area contributed by atoms with Crippen LogP contribution in [0.15, 0.2) is 0 Å². The van der Waals surface area contributed by atoms with E-state index in [1.807, 2.05) is 0 Å². The molecule has 0 rings (SSSR count). The van der Waals surface area contributed by atoms with Gasteiger partial charge < -0.3 is 5.73 Å². The van der Waals surface area contributed by atoms with Gasteiger partial charge in [0.15, 0.2) is 0 Å². The van der Waals surface area contributed by atoms with Gasteiger partial charge in [-0.2, -0.15) is 0 Å². The Labute approximate surface area is 55.4 Å². The molecule has 2 amide bonds. The van der Waals surface area contributed by atoms with Crippen molar-refractivity contribution in [3.63, 3.8) is 0 Å². The predicted molar refractivity (Wildman–Crippen MR) is 25.5 cm³/mol. The maximum atomic E-state index is 9.35. The molecule has 0 aromatic rings. The first kappa shape index (κ1) is 9.47. The quantitative estimate of drug-likeness (QED) is 0.201. The van der Waals surface area contributed by atoms with Crippen LogP contribution >= 0.6 is 0 Å². The molecule has 5 N–H and O–H groups in total. The molecule has 0 aromatic heterocycles. The number of hydrogen-bond donors (Lipinski definition) is 3. The molecule has 4 nitrogen and oxygen atoms in total. The fourth-order valence-electron chi connectivity index (χ4n) is 0. The van der Waals surface area contributed by atoms with Gasteiger partial charge in [0, 0.05) is 0 Å². The Balaban J connectivity index is 0. The summed E-state index contributed by atoms with van der Waals surface area (Å²) in [7, 11) is 0. The summed E-state index contributed by atoms with van der Waals surface area (Å²) in [6.07, 6.45) is 0. The van der Waals surface area contributed by atoms with Crippen molar-refractivity contribution in [1.82, 2.24) is 5.43 Å². The normalized spacial score (nSPS) is 5.50. The van der Waals surface area contributed by atoms with E-state index in [1.165, 1.54) is 0 Å². The molecule has 0 fully saturated rings. The summed E-state index contributed by atoms with van der Waals surface area (Å²) in [6, 6.07) is -0.718. The first-order valence-electron chi connectivity index (χ1n) is 1.03. The van der Waals surface area contributed by atoms with Crippen LogP contribution in [0.4, 0.5) is 4.79 Å². The Bertz CT molecular complexity index is 46.1. The van der Waals surface area contributed by atoms with Gasteiger partial charge in [0.2, 0.25) is 0 Å². The zero-order valence-electron chi connectivity index (χ0n) is 3.27. The number of carbonyl (C=O) groups excluding carboxylic acids is 1. The average Bonchev–Trinajstić information content (AvgIpc) is 1.38. The minimum absolute atomic E-state index is 0. The number of amides is 2. The Kier molecular flexibility index (Phi) is 8.13.